The lowest BCUT2D eigenvalue weighted by molar-refractivity contribution is 0.189. The second-order valence-corrected chi connectivity index (χ2v) is 8.53. The van der Waals surface area contributed by atoms with Gasteiger partial charge in [-0.05, 0) is 5.41 Å². The summed E-state index contributed by atoms with van der Waals surface area (Å²) in [7, 11) is 1.84. The monoisotopic (exact) mass is 260 g/mol. The van der Waals surface area contributed by atoms with Gasteiger partial charge in [-0.15, -0.1) is 0 Å². The Labute approximate surface area is 111 Å². The van der Waals surface area contributed by atoms with Crippen LogP contribution in [0, 0.1) is 5.41 Å². The molecule has 2 amide bonds. The molecule has 0 radical (unpaired) electrons. The largest absolute Gasteiger partial charge is 0.337 e. The minimum atomic E-state index is 0.0226. The van der Waals surface area contributed by atoms with E-state index in [0.717, 1.165) is 18.8 Å². The number of amides is 2. The molecule has 0 saturated carbocycles. The van der Waals surface area contributed by atoms with Gasteiger partial charge in [-0.1, -0.05) is 41.5 Å². The molecule has 0 unspecified atom stereocenters. The molecule has 4 heteroatoms. The van der Waals surface area contributed by atoms with E-state index in [0.29, 0.717) is 0 Å². The van der Waals surface area contributed by atoms with Crippen molar-refractivity contribution < 1.29 is 4.79 Å². The van der Waals surface area contributed by atoms with E-state index in [2.05, 4.69) is 46.9 Å². The summed E-state index contributed by atoms with van der Waals surface area (Å²) >= 11 is 1.87. The fourth-order valence-electron chi connectivity index (χ4n) is 1.43. The summed E-state index contributed by atoms with van der Waals surface area (Å²) in [6, 6.07) is 0.0226. The maximum atomic E-state index is 11.8. The average molecular weight is 260 g/mol. The highest BCUT2D eigenvalue weighted by Crippen LogP contribution is 2.22. The molecule has 0 bridgehead atoms. The maximum absolute atomic E-state index is 11.8. The van der Waals surface area contributed by atoms with Gasteiger partial charge in [0.15, 0.2) is 0 Å². The summed E-state index contributed by atoms with van der Waals surface area (Å²) in [5.41, 5.74) is 0.145. The van der Waals surface area contributed by atoms with Crippen molar-refractivity contribution >= 4 is 17.8 Å². The first-order valence-electron chi connectivity index (χ1n) is 6.14. The molecule has 3 nitrogen and oxygen atoms in total. The van der Waals surface area contributed by atoms with Crippen LogP contribution in [0.5, 0.6) is 0 Å². The fourth-order valence-corrected chi connectivity index (χ4v) is 2.25. The Hall–Kier alpha value is -0.380. The first kappa shape index (κ1) is 16.6. The lowest BCUT2D eigenvalue weighted by Crippen LogP contribution is -2.42. The number of hydrogen-bond donors (Lipinski definition) is 1. The molecule has 0 aromatic heterocycles. The number of thioether (sulfide) groups is 1. The van der Waals surface area contributed by atoms with Crippen LogP contribution in [-0.4, -0.2) is 41.6 Å². The van der Waals surface area contributed by atoms with E-state index in [9.17, 15) is 4.79 Å². The molecule has 0 aromatic rings. The molecule has 0 saturated heterocycles. The van der Waals surface area contributed by atoms with Crippen LogP contribution in [0.25, 0.3) is 0 Å². The molecular weight excluding hydrogens is 232 g/mol. The predicted octanol–water partition coefficient (Wildman–Crippen LogP) is 3.21. The van der Waals surface area contributed by atoms with Crippen molar-refractivity contribution in [2.24, 2.45) is 5.41 Å². The van der Waals surface area contributed by atoms with Crippen LogP contribution < -0.4 is 5.32 Å². The molecule has 0 aliphatic heterocycles. The summed E-state index contributed by atoms with van der Waals surface area (Å²) < 4.78 is 0.266. The highest BCUT2D eigenvalue weighted by molar-refractivity contribution is 8.00. The van der Waals surface area contributed by atoms with Crippen LogP contribution in [0.4, 0.5) is 4.79 Å². The van der Waals surface area contributed by atoms with E-state index in [-0.39, 0.29) is 16.2 Å². The second-order valence-electron chi connectivity index (χ2n) is 6.61. The summed E-state index contributed by atoms with van der Waals surface area (Å²) in [5, 5.41) is 2.94. The third-order valence-corrected chi connectivity index (χ3v) is 3.25. The van der Waals surface area contributed by atoms with Gasteiger partial charge in [0.05, 0.1) is 0 Å². The van der Waals surface area contributed by atoms with Crippen LogP contribution in [0.15, 0.2) is 0 Å². The van der Waals surface area contributed by atoms with Crippen molar-refractivity contribution in [3.63, 3.8) is 0 Å². The molecule has 0 spiro atoms. The quantitative estimate of drug-likeness (QED) is 0.787. The molecule has 0 aliphatic rings. The van der Waals surface area contributed by atoms with Gasteiger partial charge in [0.25, 0.3) is 0 Å². The smallest absolute Gasteiger partial charge is 0.317 e. The van der Waals surface area contributed by atoms with E-state index >= 15 is 0 Å². The Morgan fingerprint density at radius 2 is 1.71 bits per heavy atom. The number of nitrogens with zero attached hydrogens (tertiary/aromatic N) is 1. The Bertz CT molecular complexity index is 241. The summed E-state index contributed by atoms with van der Waals surface area (Å²) in [5.74, 6) is 0.957. The molecular formula is C13H28N2OS. The predicted molar refractivity (Wildman–Crippen MR) is 77.7 cm³/mol. The van der Waals surface area contributed by atoms with E-state index in [1.165, 1.54) is 0 Å². The lowest BCUT2D eigenvalue weighted by Gasteiger charge is -2.27. The molecule has 0 aromatic carbocycles. The van der Waals surface area contributed by atoms with Crippen molar-refractivity contribution in [1.29, 1.82) is 0 Å². The standard InChI is InChI=1S/C13H28N2OS/c1-12(2,3)10-15(7)11(16)14-8-9-17-13(4,5)6/h8-10H2,1-7H3,(H,14,16). The maximum Gasteiger partial charge on any atom is 0.317 e. The minimum absolute atomic E-state index is 0.0226. The third-order valence-electron chi connectivity index (χ3n) is 1.97. The number of urea groups is 1. The van der Waals surface area contributed by atoms with E-state index < -0.39 is 0 Å². The Morgan fingerprint density at radius 3 is 2.12 bits per heavy atom. The van der Waals surface area contributed by atoms with Gasteiger partial charge in [0.1, 0.15) is 0 Å². The molecule has 0 aliphatic carbocycles. The number of carbonyl (C=O) groups excluding carboxylic acids is 1. The molecule has 0 rings (SSSR count). The highest BCUT2D eigenvalue weighted by atomic mass is 32.2. The Balaban J connectivity index is 3.80. The average Bonchev–Trinajstić information content (AvgIpc) is 2.07. The number of nitrogens with one attached hydrogen (secondary N) is 1. The van der Waals surface area contributed by atoms with Crippen molar-refractivity contribution in [2.45, 2.75) is 46.3 Å². The zero-order chi connectivity index (χ0) is 13.7. The van der Waals surface area contributed by atoms with Crippen molar-refractivity contribution in [3.8, 4) is 0 Å². The van der Waals surface area contributed by atoms with Gasteiger partial charge >= 0.3 is 6.03 Å². The topological polar surface area (TPSA) is 32.3 Å². The number of hydrogen-bond acceptors (Lipinski definition) is 2. The van der Waals surface area contributed by atoms with Crippen molar-refractivity contribution in [3.05, 3.63) is 0 Å². The van der Waals surface area contributed by atoms with E-state index in [1.54, 1.807) is 4.90 Å². The number of rotatable bonds is 4. The summed E-state index contributed by atoms with van der Waals surface area (Å²) in [6.07, 6.45) is 0. The number of carbonyl (C=O) groups is 1. The zero-order valence-electron chi connectivity index (χ0n) is 12.4. The first-order chi connectivity index (χ1) is 7.51. The van der Waals surface area contributed by atoms with Gasteiger partial charge in [-0.3, -0.25) is 0 Å². The lowest BCUT2D eigenvalue weighted by atomic mass is 9.96. The first-order valence-corrected chi connectivity index (χ1v) is 7.13. The normalized spacial score (nSPS) is 12.4. The molecule has 0 fully saturated rings. The van der Waals surface area contributed by atoms with Crippen molar-refractivity contribution in [1.82, 2.24) is 10.2 Å². The molecule has 0 atom stereocenters. The van der Waals surface area contributed by atoms with Crippen LogP contribution in [0.3, 0.4) is 0 Å². The van der Waals surface area contributed by atoms with Gasteiger partial charge in [-0.25, -0.2) is 4.79 Å². The fraction of sp³-hybridized carbons (Fsp3) is 0.923. The van der Waals surface area contributed by atoms with Crippen LogP contribution in [-0.2, 0) is 0 Å². The second kappa shape index (κ2) is 6.53. The van der Waals surface area contributed by atoms with Gasteiger partial charge < -0.3 is 10.2 Å². The van der Waals surface area contributed by atoms with Gasteiger partial charge in [0.2, 0.25) is 0 Å². The van der Waals surface area contributed by atoms with E-state index in [1.807, 2.05) is 18.8 Å². The summed E-state index contributed by atoms with van der Waals surface area (Å²) in [4.78, 5) is 13.5. The molecule has 0 heterocycles. The van der Waals surface area contributed by atoms with Crippen LogP contribution in [0.2, 0.25) is 0 Å². The minimum Gasteiger partial charge on any atom is -0.337 e. The van der Waals surface area contributed by atoms with Gasteiger partial charge in [0, 0.05) is 30.6 Å². The molecule has 102 valence electrons. The zero-order valence-corrected chi connectivity index (χ0v) is 13.2. The SMILES string of the molecule is CN(CC(C)(C)C)C(=O)NCCSC(C)(C)C. The third kappa shape index (κ3) is 10.5. The Kier molecular flexibility index (Phi) is 6.38. The Morgan fingerprint density at radius 1 is 1.18 bits per heavy atom. The summed E-state index contributed by atoms with van der Waals surface area (Å²) in [6.45, 7) is 14.5. The molecule has 1 N–H and O–H groups in total. The van der Waals surface area contributed by atoms with Gasteiger partial charge in [-0.2, -0.15) is 11.8 Å². The van der Waals surface area contributed by atoms with Crippen LogP contribution >= 0.6 is 11.8 Å². The van der Waals surface area contributed by atoms with Crippen LogP contribution in [0.1, 0.15) is 41.5 Å². The highest BCUT2D eigenvalue weighted by Gasteiger charge is 2.17. The molecule has 17 heavy (non-hydrogen) atoms. The van der Waals surface area contributed by atoms with E-state index in [4.69, 9.17) is 0 Å². The van der Waals surface area contributed by atoms with Crippen molar-refractivity contribution in [2.75, 3.05) is 25.9 Å².